The van der Waals surface area contributed by atoms with Crippen LogP contribution in [0.25, 0.3) is 0 Å². The van der Waals surface area contributed by atoms with Gasteiger partial charge in [0.25, 0.3) is 0 Å². The van der Waals surface area contributed by atoms with Crippen molar-refractivity contribution >= 4 is 0 Å². The lowest BCUT2D eigenvalue weighted by atomic mass is 10.1. The van der Waals surface area contributed by atoms with Crippen LogP contribution in [0.3, 0.4) is 0 Å². The summed E-state index contributed by atoms with van der Waals surface area (Å²) < 4.78 is 5.52. The average molecular weight is 228 g/mol. The molecular formula is C13H28N2O. The van der Waals surface area contributed by atoms with Crippen LogP contribution in [-0.4, -0.2) is 50.3 Å². The molecule has 0 atom stereocenters. The van der Waals surface area contributed by atoms with Gasteiger partial charge in [0.2, 0.25) is 0 Å². The first-order valence-corrected chi connectivity index (χ1v) is 6.90. The summed E-state index contributed by atoms with van der Waals surface area (Å²) >= 11 is 0. The molecule has 96 valence electrons. The molecule has 0 bridgehead atoms. The number of hydrogen-bond donors (Lipinski definition) is 1. The number of piperidine rings is 1. The van der Waals surface area contributed by atoms with Gasteiger partial charge in [-0.05, 0) is 45.3 Å². The first-order valence-electron chi connectivity index (χ1n) is 6.90. The molecule has 0 aromatic rings. The second-order valence-electron chi connectivity index (χ2n) is 4.68. The zero-order valence-electron chi connectivity index (χ0n) is 11.0. The fourth-order valence-electron chi connectivity index (χ4n) is 2.15. The Bertz CT molecular complexity index is 156. The van der Waals surface area contributed by atoms with E-state index >= 15 is 0 Å². The van der Waals surface area contributed by atoms with Gasteiger partial charge in [0, 0.05) is 19.2 Å². The predicted molar refractivity (Wildman–Crippen MR) is 68.9 cm³/mol. The fourth-order valence-corrected chi connectivity index (χ4v) is 2.15. The van der Waals surface area contributed by atoms with E-state index in [1.54, 1.807) is 0 Å². The van der Waals surface area contributed by atoms with E-state index < -0.39 is 0 Å². The molecule has 1 heterocycles. The van der Waals surface area contributed by atoms with Crippen LogP contribution in [0.2, 0.25) is 0 Å². The lowest BCUT2D eigenvalue weighted by Crippen LogP contribution is -2.43. The van der Waals surface area contributed by atoms with E-state index in [2.05, 4.69) is 24.1 Å². The van der Waals surface area contributed by atoms with Crippen molar-refractivity contribution in [3.05, 3.63) is 0 Å². The summed E-state index contributed by atoms with van der Waals surface area (Å²) in [7, 11) is 0. The van der Waals surface area contributed by atoms with Crippen LogP contribution < -0.4 is 5.32 Å². The number of likely N-dealkylation sites (tertiary alicyclic amines) is 1. The van der Waals surface area contributed by atoms with E-state index in [9.17, 15) is 0 Å². The number of ether oxygens (including phenoxy) is 1. The number of nitrogens with one attached hydrogen (secondary N) is 1. The Labute approximate surface area is 101 Å². The fraction of sp³-hybridized carbons (Fsp3) is 1.00. The molecule has 3 nitrogen and oxygen atoms in total. The summed E-state index contributed by atoms with van der Waals surface area (Å²) in [4.78, 5) is 2.53. The van der Waals surface area contributed by atoms with Gasteiger partial charge in [-0.3, -0.25) is 0 Å². The predicted octanol–water partition coefficient (Wildman–Crippen LogP) is 1.88. The summed E-state index contributed by atoms with van der Waals surface area (Å²) in [5.74, 6) is 0. The Morgan fingerprint density at radius 3 is 2.50 bits per heavy atom. The highest BCUT2D eigenvalue weighted by atomic mass is 16.5. The SMILES string of the molecule is CCCNC1CCN(CCOCCC)CC1. The normalized spacial score (nSPS) is 19.1. The van der Waals surface area contributed by atoms with Gasteiger partial charge >= 0.3 is 0 Å². The van der Waals surface area contributed by atoms with Gasteiger partial charge in [0.15, 0.2) is 0 Å². The van der Waals surface area contributed by atoms with Crippen LogP contribution in [0, 0.1) is 0 Å². The molecule has 1 N–H and O–H groups in total. The van der Waals surface area contributed by atoms with Crippen LogP contribution in [0.15, 0.2) is 0 Å². The van der Waals surface area contributed by atoms with Crippen molar-refractivity contribution in [2.75, 3.05) is 39.4 Å². The summed E-state index contributed by atoms with van der Waals surface area (Å²) in [5, 5.41) is 3.61. The number of hydrogen-bond acceptors (Lipinski definition) is 3. The van der Waals surface area contributed by atoms with Crippen molar-refractivity contribution in [1.82, 2.24) is 10.2 Å². The second-order valence-corrected chi connectivity index (χ2v) is 4.68. The summed E-state index contributed by atoms with van der Waals surface area (Å²) in [6, 6.07) is 0.757. The summed E-state index contributed by atoms with van der Waals surface area (Å²) in [6.45, 7) is 11.0. The zero-order chi connectivity index (χ0) is 11.6. The highest BCUT2D eigenvalue weighted by Gasteiger charge is 2.17. The third-order valence-corrected chi connectivity index (χ3v) is 3.17. The smallest absolute Gasteiger partial charge is 0.0593 e. The molecule has 0 spiro atoms. The molecule has 1 saturated heterocycles. The molecule has 16 heavy (non-hydrogen) atoms. The van der Waals surface area contributed by atoms with E-state index in [-0.39, 0.29) is 0 Å². The van der Waals surface area contributed by atoms with E-state index in [1.807, 2.05) is 0 Å². The van der Waals surface area contributed by atoms with Crippen LogP contribution in [-0.2, 0) is 4.74 Å². The minimum atomic E-state index is 0.757. The van der Waals surface area contributed by atoms with Crippen molar-refractivity contribution in [1.29, 1.82) is 0 Å². The molecule has 0 aromatic heterocycles. The maximum Gasteiger partial charge on any atom is 0.0593 e. The molecule has 1 aliphatic heterocycles. The Hall–Kier alpha value is -0.120. The van der Waals surface area contributed by atoms with Gasteiger partial charge < -0.3 is 15.0 Å². The molecule has 1 aliphatic rings. The van der Waals surface area contributed by atoms with Gasteiger partial charge in [-0.25, -0.2) is 0 Å². The lowest BCUT2D eigenvalue weighted by molar-refractivity contribution is 0.0922. The molecular weight excluding hydrogens is 200 g/mol. The molecule has 3 heteroatoms. The molecule has 0 aromatic carbocycles. The standard InChI is InChI=1S/C13H28N2O/c1-3-7-14-13-5-8-15(9-6-13)10-12-16-11-4-2/h13-14H,3-12H2,1-2H3. The molecule has 0 radical (unpaired) electrons. The van der Waals surface area contributed by atoms with Gasteiger partial charge in [-0.15, -0.1) is 0 Å². The van der Waals surface area contributed by atoms with Crippen molar-refractivity contribution in [2.45, 2.75) is 45.6 Å². The Morgan fingerprint density at radius 1 is 1.12 bits per heavy atom. The molecule has 1 fully saturated rings. The van der Waals surface area contributed by atoms with Gasteiger partial charge in [-0.2, -0.15) is 0 Å². The maximum absolute atomic E-state index is 5.52. The summed E-state index contributed by atoms with van der Waals surface area (Å²) in [6.07, 6.45) is 4.97. The zero-order valence-corrected chi connectivity index (χ0v) is 11.0. The minimum Gasteiger partial charge on any atom is -0.380 e. The van der Waals surface area contributed by atoms with Crippen LogP contribution in [0.5, 0.6) is 0 Å². The first-order chi connectivity index (χ1) is 7.86. The number of rotatable bonds is 8. The Balaban J connectivity index is 1.98. The molecule has 1 rings (SSSR count). The number of nitrogens with zero attached hydrogens (tertiary/aromatic N) is 1. The van der Waals surface area contributed by atoms with E-state index in [4.69, 9.17) is 4.74 Å². The summed E-state index contributed by atoms with van der Waals surface area (Å²) in [5.41, 5.74) is 0. The first kappa shape index (κ1) is 13.9. The maximum atomic E-state index is 5.52. The minimum absolute atomic E-state index is 0.757. The van der Waals surface area contributed by atoms with Gasteiger partial charge in [0.05, 0.1) is 6.61 Å². The molecule has 0 saturated carbocycles. The lowest BCUT2D eigenvalue weighted by Gasteiger charge is -2.32. The van der Waals surface area contributed by atoms with Crippen molar-refractivity contribution in [3.63, 3.8) is 0 Å². The van der Waals surface area contributed by atoms with E-state index in [0.29, 0.717) is 0 Å². The Morgan fingerprint density at radius 2 is 1.88 bits per heavy atom. The quantitative estimate of drug-likeness (QED) is 0.642. The third-order valence-electron chi connectivity index (χ3n) is 3.17. The van der Waals surface area contributed by atoms with Crippen molar-refractivity contribution in [3.8, 4) is 0 Å². The highest BCUT2D eigenvalue weighted by Crippen LogP contribution is 2.09. The third kappa shape index (κ3) is 5.83. The van der Waals surface area contributed by atoms with Crippen LogP contribution in [0.1, 0.15) is 39.5 Å². The monoisotopic (exact) mass is 228 g/mol. The highest BCUT2D eigenvalue weighted by molar-refractivity contribution is 4.76. The van der Waals surface area contributed by atoms with Crippen LogP contribution >= 0.6 is 0 Å². The second kappa shape index (κ2) is 8.97. The van der Waals surface area contributed by atoms with Crippen molar-refractivity contribution < 1.29 is 4.74 Å². The van der Waals surface area contributed by atoms with E-state index in [1.165, 1.54) is 38.9 Å². The van der Waals surface area contributed by atoms with Crippen LogP contribution in [0.4, 0.5) is 0 Å². The Kier molecular flexibility index (Phi) is 7.81. The van der Waals surface area contributed by atoms with Gasteiger partial charge in [-0.1, -0.05) is 13.8 Å². The average Bonchev–Trinajstić information content (AvgIpc) is 2.33. The molecule has 0 aliphatic carbocycles. The topological polar surface area (TPSA) is 24.5 Å². The largest absolute Gasteiger partial charge is 0.380 e. The molecule has 0 unspecified atom stereocenters. The molecule has 0 amide bonds. The van der Waals surface area contributed by atoms with E-state index in [0.717, 1.165) is 32.2 Å². The van der Waals surface area contributed by atoms with Crippen molar-refractivity contribution in [2.24, 2.45) is 0 Å². The van der Waals surface area contributed by atoms with Gasteiger partial charge in [0.1, 0.15) is 0 Å².